The molecule has 20 heavy (non-hydrogen) atoms. The predicted octanol–water partition coefficient (Wildman–Crippen LogP) is 3.78. The second-order valence-electron chi connectivity index (χ2n) is 4.26. The minimum atomic E-state index is -0.666. The lowest BCUT2D eigenvalue weighted by Crippen LogP contribution is -2.13. The predicted molar refractivity (Wildman–Crippen MR) is 80.6 cm³/mol. The van der Waals surface area contributed by atoms with Gasteiger partial charge in [-0.15, -0.1) is 0 Å². The van der Waals surface area contributed by atoms with Crippen molar-refractivity contribution in [1.82, 2.24) is 0 Å². The van der Waals surface area contributed by atoms with Crippen molar-refractivity contribution < 1.29 is 9.53 Å². The average Bonchev–Trinajstić information content (AvgIpc) is 2.34. The van der Waals surface area contributed by atoms with Gasteiger partial charge in [0.05, 0.1) is 10.6 Å². The van der Waals surface area contributed by atoms with Crippen LogP contribution in [-0.4, -0.2) is 5.91 Å². The summed E-state index contributed by atoms with van der Waals surface area (Å²) in [6.45, 7) is 1.83. The number of primary amides is 1. The molecule has 4 nitrogen and oxygen atoms in total. The maximum Gasteiger partial charge on any atom is 0.252 e. The van der Waals surface area contributed by atoms with Crippen LogP contribution >= 0.6 is 23.2 Å². The lowest BCUT2D eigenvalue weighted by Gasteiger charge is -2.13. The molecule has 0 aliphatic rings. The highest BCUT2D eigenvalue weighted by Crippen LogP contribution is 2.36. The molecule has 0 bridgehead atoms. The van der Waals surface area contributed by atoms with E-state index in [0.29, 0.717) is 16.5 Å². The molecule has 0 spiro atoms. The maximum absolute atomic E-state index is 11.5. The van der Waals surface area contributed by atoms with Crippen molar-refractivity contribution in [1.29, 1.82) is 0 Å². The van der Waals surface area contributed by atoms with Crippen LogP contribution in [0, 0.1) is 6.92 Å². The summed E-state index contributed by atoms with van der Waals surface area (Å²) in [7, 11) is 0. The second-order valence-corrected chi connectivity index (χ2v) is 5.10. The maximum atomic E-state index is 11.5. The number of nitrogen functional groups attached to an aromatic ring is 1. The summed E-state index contributed by atoms with van der Waals surface area (Å²) >= 11 is 12.0. The molecule has 2 aromatic carbocycles. The van der Waals surface area contributed by atoms with Gasteiger partial charge in [0.15, 0.2) is 5.75 Å². The topological polar surface area (TPSA) is 78.3 Å². The van der Waals surface area contributed by atoms with E-state index in [0.717, 1.165) is 5.56 Å². The molecule has 4 N–H and O–H groups in total. The highest BCUT2D eigenvalue weighted by atomic mass is 35.5. The minimum Gasteiger partial charge on any atom is -0.455 e. The van der Waals surface area contributed by atoms with Gasteiger partial charge in [0.25, 0.3) is 5.91 Å². The highest BCUT2D eigenvalue weighted by Gasteiger charge is 2.16. The Bertz CT molecular complexity index is 687. The molecule has 2 rings (SSSR count). The zero-order chi connectivity index (χ0) is 14.9. The molecular weight excluding hydrogens is 299 g/mol. The molecular formula is C14H12Cl2N2O2. The van der Waals surface area contributed by atoms with Crippen molar-refractivity contribution in [2.75, 3.05) is 5.73 Å². The molecule has 0 aromatic heterocycles. The van der Waals surface area contributed by atoms with Crippen molar-refractivity contribution >= 4 is 34.8 Å². The number of anilines is 1. The van der Waals surface area contributed by atoms with Gasteiger partial charge in [0, 0.05) is 10.7 Å². The van der Waals surface area contributed by atoms with Crippen molar-refractivity contribution in [2.45, 2.75) is 6.92 Å². The van der Waals surface area contributed by atoms with E-state index in [2.05, 4.69) is 0 Å². The van der Waals surface area contributed by atoms with E-state index in [1.165, 1.54) is 12.1 Å². The van der Waals surface area contributed by atoms with Crippen LogP contribution < -0.4 is 16.2 Å². The van der Waals surface area contributed by atoms with Crippen LogP contribution in [0.1, 0.15) is 15.9 Å². The number of aryl methyl sites for hydroxylation is 1. The summed E-state index contributed by atoms with van der Waals surface area (Å²) < 4.78 is 5.70. The molecule has 104 valence electrons. The number of ether oxygens (including phenoxy) is 1. The van der Waals surface area contributed by atoms with Gasteiger partial charge in [0.1, 0.15) is 5.75 Å². The monoisotopic (exact) mass is 310 g/mol. The van der Waals surface area contributed by atoms with E-state index in [1.807, 2.05) is 6.92 Å². The van der Waals surface area contributed by atoms with E-state index in [9.17, 15) is 4.79 Å². The Morgan fingerprint density at radius 2 is 1.90 bits per heavy atom. The Labute approximate surface area is 126 Å². The third-order valence-electron chi connectivity index (χ3n) is 2.68. The van der Waals surface area contributed by atoms with Crippen molar-refractivity contribution in [3.63, 3.8) is 0 Å². The van der Waals surface area contributed by atoms with Crippen molar-refractivity contribution in [3.8, 4) is 11.5 Å². The summed E-state index contributed by atoms with van der Waals surface area (Å²) in [4.78, 5) is 11.5. The molecule has 0 heterocycles. The quantitative estimate of drug-likeness (QED) is 0.847. The van der Waals surface area contributed by atoms with E-state index in [4.69, 9.17) is 39.4 Å². The Kier molecular flexibility index (Phi) is 4.06. The van der Waals surface area contributed by atoms with E-state index in [-0.39, 0.29) is 16.3 Å². The first-order valence-electron chi connectivity index (χ1n) is 5.71. The fourth-order valence-corrected chi connectivity index (χ4v) is 2.23. The highest BCUT2D eigenvalue weighted by molar-refractivity contribution is 6.33. The fourth-order valence-electron chi connectivity index (χ4n) is 1.74. The lowest BCUT2D eigenvalue weighted by molar-refractivity contribution is 0.0998. The number of rotatable bonds is 3. The Balaban J connectivity index is 2.50. The number of carbonyl (C=O) groups is 1. The van der Waals surface area contributed by atoms with E-state index in [1.54, 1.807) is 18.2 Å². The summed E-state index contributed by atoms with van der Waals surface area (Å²) in [5.41, 5.74) is 12.2. The summed E-state index contributed by atoms with van der Waals surface area (Å²) in [5.74, 6) is 0.0446. The van der Waals surface area contributed by atoms with E-state index < -0.39 is 5.91 Å². The third kappa shape index (κ3) is 2.98. The number of hydrogen-bond donors (Lipinski definition) is 2. The number of amides is 1. The number of carbonyl (C=O) groups excluding carboxylic acids is 1. The van der Waals surface area contributed by atoms with Gasteiger partial charge in [-0.2, -0.15) is 0 Å². The van der Waals surface area contributed by atoms with Crippen LogP contribution in [0.25, 0.3) is 0 Å². The van der Waals surface area contributed by atoms with Crippen molar-refractivity contribution in [3.05, 3.63) is 51.5 Å². The molecule has 0 aliphatic carbocycles. The van der Waals surface area contributed by atoms with Gasteiger partial charge in [-0.3, -0.25) is 4.79 Å². The van der Waals surface area contributed by atoms with Crippen LogP contribution in [0.3, 0.4) is 0 Å². The standard InChI is InChI=1S/C14H12Cl2N2O2/c1-7-4-8(15)2-3-12(7)20-13-10(14(18)19)5-9(17)6-11(13)16/h2-6H,17H2,1H3,(H2,18,19). The van der Waals surface area contributed by atoms with Gasteiger partial charge in [0.2, 0.25) is 0 Å². The molecule has 0 aliphatic heterocycles. The second kappa shape index (κ2) is 5.61. The van der Waals surface area contributed by atoms with Crippen LogP contribution in [-0.2, 0) is 0 Å². The van der Waals surface area contributed by atoms with Crippen LogP contribution in [0.2, 0.25) is 10.0 Å². The van der Waals surface area contributed by atoms with Gasteiger partial charge in [-0.1, -0.05) is 23.2 Å². The zero-order valence-corrected chi connectivity index (χ0v) is 12.1. The SMILES string of the molecule is Cc1cc(Cl)ccc1Oc1c(Cl)cc(N)cc1C(N)=O. The van der Waals surface area contributed by atoms with Crippen LogP contribution in [0.4, 0.5) is 5.69 Å². The van der Waals surface area contributed by atoms with Gasteiger partial charge < -0.3 is 16.2 Å². The van der Waals surface area contributed by atoms with Gasteiger partial charge in [-0.25, -0.2) is 0 Å². The third-order valence-corrected chi connectivity index (χ3v) is 3.20. The molecule has 6 heteroatoms. The average molecular weight is 311 g/mol. The first-order chi connectivity index (χ1) is 9.38. The minimum absolute atomic E-state index is 0.129. The first kappa shape index (κ1) is 14.5. The number of nitrogens with two attached hydrogens (primary N) is 2. The van der Waals surface area contributed by atoms with Crippen LogP contribution in [0.15, 0.2) is 30.3 Å². The van der Waals surface area contributed by atoms with Gasteiger partial charge >= 0.3 is 0 Å². The number of hydrogen-bond acceptors (Lipinski definition) is 3. The van der Waals surface area contributed by atoms with Crippen molar-refractivity contribution in [2.24, 2.45) is 5.73 Å². The Hall–Kier alpha value is -1.91. The Morgan fingerprint density at radius 1 is 1.20 bits per heavy atom. The largest absolute Gasteiger partial charge is 0.455 e. The Morgan fingerprint density at radius 3 is 2.50 bits per heavy atom. The summed E-state index contributed by atoms with van der Waals surface area (Å²) in [5, 5.41) is 0.807. The molecule has 0 saturated carbocycles. The fraction of sp³-hybridized carbons (Fsp3) is 0.0714. The van der Waals surface area contributed by atoms with Gasteiger partial charge in [-0.05, 0) is 42.8 Å². The first-order valence-corrected chi connectivity index (χ1v) is 6.47. The molecule has 0 atom stereocenters. The molecule has 0 unspecified atom stereocenters. The van der Waals surface area contributed by atoms with E-state index >= 15 is 0 Å². The normalized spacial score (nSPS) is 10.3. The summed E-state index contributed by atoms with van der Waals surface area (Å²) in [6.07, 6.45) is 0. The number of benzene rings is 2. The molecule has 2 aromatic rings. The zero-order valence-electron chi connectivity index (χ0n) is 10.6. The molecule has 1 amide bonds. The molecule has 0 radical (unpaired) electrons. The smallest absolute Gasteiger partial charge is 0.252 e. The summed E-state index contributed by atoms with van der Waals surface area (Å²) in [6, 6.07) is 8.03. The van der Waals surface area contributed by atoms with Crippen LogP contribution in [0.5, 0.6) is 11.5 Å². The lowest BCUT2D eigenvalue weighted by atomic mass is 10.1. The molecule has 0 saturated heterocycles. The number of halogens is 2. The molecule has 0 fully saturated rings.